The van der Waals surface area contributed by atoms with Crippen molar-refractivity contribution in [2.45, 2.75) is 32.4 Å². The van der Waals surface area contributed by atoms with E-state index in [0.29, 0.717) is 6.04 Å². The highest BCUT2D eigenvalue weighted by Gasteiger charge is 2.26. The lowest BCUT2D eigenvalue weighted by Crippen LogP contribution is -2.50. The highest BCUT2D eigenvalue weighted by atomic mass is 16.5. The molecule has 1 heterocycles. The largest absolute Gasteiger partial charge is 0.468 e. The number of methoxy groups -OCH3 is 1. The standard InChI is InChI=1S/C13H27N3O2/c1-5-14-12(13(17)18-4)10-16-8-6-7-15(3)9-11(16)2/h11-12,14H,5-10H2,1-4H3. The van der Waals surface area contributed by atoms with Crippen molar-refractivity contribution < 1.29 is 9.53 Å². The summed E-state index contributed by atoms with van der Waals surface area (Å²) < 4.78 is 4.86. The molecule has 106 valence electrons. The highest BCUT2D eigenvalue weighted by molar-refractivity contribution is 5.75. The molecule has 0 saturated carbocycles. The summed E-state index contributed by atoms with van der Waals surface area (Å²) in [6.07, 6.45) is 1.15. The van der Waals surface area contributed by atoms with Crippen molar-refractivity contribution in [3.8, 4) is 0 Å². The summed E-state index contributed by atoms with van der Waals surface area (Å²) in [6.45, 7) is 8.98. The summed E-state index contributed by atoms with van der Waals surface area (Å²) >= 11 is 0. The third-order valence-electron chi connectivity index (χ3n) is 3.54. The maximum atomic E-state index is 11.7. The molecule has 0 aromatic carbocycles. The van der Waals surface area contributed by atoms with E-state index in [0.717, 1.165) is 39.1 Å². The molecule has 1 aliphatic heterocycles. The van der Waals surface area contributed by atoms with Crippen LogP contribution in [-0.4, -0.2) is 74.7 Å². The van der Waals surface area contributed by atoms with Crippen LogP contribution in [0.2, 0.25) is 0 Å². The van der Waals surface area contributed by atoms with Gasteiger partial charge < -0.3 is 15.0 Å². The molecule has 2 unspecified atom stereocenters. The fourth-order valence-electron chi connectivity index (χ4n) is 2.54. The van der Waals surface area contributed by atoms with Crippen LogP contribution in [0.3, 0.4) is 0 Å². The number of carbonyl (C=O) groups is 1. The Hall–Kier alpha value is -0.650. The number of likely N-dealkylation sites (N-methyl/N-ethyl adjacent to an activating group) is 2. The van der Waals surface area contributed by atoms with Gasteiger partial charge in [0, 0.05) is 19.1 Å². The molecule has 1 aliphatic rings. The molecule has 0 radical (unpaired) electrons. The molecule has 5 nitrogen and oxygen atoms in total. The van der Waals surface area contributed by atoms with E-state index in [1.165, 1.54) is 7.11 Å². The summed E-state index contributed by atoms with van der Waals surface area (Å²) in [5.41, 5.74) is 0. The summed E-state index contributed by atoms with van der Waals surface area (Å²) in [5.74, 6) is -0.165. The molecule has 1 fully saturated rings. The molecule has 0 amide bonds. The normalized spacial score (nSPS) is 24.6. The number of esters is 1. The third kappa shape index (κ3) is 4.55. The summed E-state index contributed by atoms with van der Waals surface area (Å²) in [6, 6.07) is 0.258. The Kier molecular flexibility index (Phi) is 6.60. The molecular formula is C13H27N3O2. The predicted molar refractivity (Wildman–Crippen MR) is 72.6 cm³/mol. The van der Waals surface area contributed by atoms with Crippen LogP contribution in [0.1, 0.15) is 20.3 Å². The van der Waals surface area contributed by atoms with E-state index in [-0.39, 0.29) is 12.0 Å². The zero-order valence-electron chi connectivity index (χ0n) is 12.1. The molecule has 1 N–H and O–H groups in total. The number of nitrogens with zero attached hydrogens (tertiary/aromatic N) is 2. The summed E-state index contributed by atoms with van der Waals surface area (Å²) in [5, 5.41) is 3.20. The SMILES string of the molecule is CCNC(CN1CCCN(C)CC1C)C(=O)OC. The molecule has 0 aromatic rings. The topological polar surface area (TPSA) is 44.8 Å². The van der Waals surface area contributed by atoms with Crippen LogP contribution in [0.5, 0.6) is 0 Å². The van der Waals surface area contributed by atoms with E-state index in [9.17, 15) is 4.79 Å². The molecule has 1 rings (SSSR count). The van der Waals surface area contributed by atoms with E-state index >= 15 is 0 Å². The van der Waals surface area contributed by atoms with E-state index in [1.807, 2.05) is 6.92 Å². The average molecular weight is 257 g/mol. The van der Waals surface area contributed by atoms with Crippen LogP contribution in [0.15, 0.2) is 0 Å². The van der Waals surface area contributed by atoms with Gasteiger partial charge in [-0.2, -0.15) is 0 Å². The van der Waals surface area contributed by atoms with Crippen LogP contribution in [-0.2, 0) is 9.53 Å². The van der Waals surface area contributed by atoms with Crippen LogP contribution >= 0.6 is 0 Å². The van der Waals surface area contributed by atoms with E-state index < -0.39 is 0 Å². The molecular weight excluding hydrogens is 230 g/mol. The molecule has 1 saturated heterocycles. The molecule has 0 bridgehead atoms. The number of hydrogen-bond donors (Lipinski definition) is 1. The Morgan fingerprint density at radius 3 is 2.83 bits per heavy atom. The Morgan fingerprint density at radius 1 is 1.50 bits per heavy atom. The van der Waals surface area contributed by atoms with Crippen LogP contribution in [0.4, 0.5) is 0 Å². The number of hydrogen-bond acceptors (Lipinski definition) is 5. The lowest BCUT2D eigenvalue weighted by Gasteiger charge is -2.30. The van der Waals surface area contributed by atoms with Gasteiger partial charge in [0.15, 0.2) is 0 Å². The van der Waals surface area contributed by atoms with Crippen molar-refractivity contribution >= 4 is 5.97 Å². The van der Waals surface area contributed by atoms with Crippen molar-refractivity contribution in [2.75, 3.05) is 46.9 Å². The van der Waals surface area contributed by atoms with Crippen LogP contribution < -0.4 is 5.32 Å². The second-order valence-electron chi connectivity index (χ2n) is 5.09. The fourth-order valence-corrected chi connectivity index (χ4v) is 2.54. The van der Waals surface area contributed by atoms with Crippen molar-refractivity contribution in [3.63, 3.8) is 0 Å². The zero-order chi connectivity index (χ0) is 13.5. The summed E-state index contributed by atoms with van der Waals surface area (Å²) in [7, 11) is 3.61. The monoisotopic (exact) mass is 257 g/mol. The first-order chi connectivity index (χ1) is 8.58. The van der Waals surface area contributed by atoms with Crippen molar-refractivity contribution in [2.24, 2.45) is 0 Å². The van der Waals surface area contributed by atoms with Crippen LogP contribution in [0.25, 0.3) is 0 Å². The van der Waals surface area contributed by atoms with Gasteiger partial charge in [-0.1, -0.05) is 6.92 Å². The van der Waals surface area contributed by atoms with Crippen molar-refractivity contribution in [3.05, 3.63) is 0 Å². The highest BCUT2D eigenvalue weighted by Crippen LogP contribution is 2.09. The third-order valence-corrected chi connectivity index (χ3v) is 3.54. The van der Waals surface area contributed by atoms with E-state index in [2.05, 4.69) is 29.1 Å². The number of nitrogens with one attached hydrogen (secondary N) is 1. The van der Waals surface area contributed by atoms with Crippen molar-refractivity contribution in [1.82, 2.24) is 15.1 Å². The first kappa shape index (κ1) is 15.4. The van der Waals surface area contributed by atoms with Gasteiger partial charge in [-0.05, 0) is 40.0 Å². The van der Waals surface area contributed by atoms with Gasteiger partial charge >= 0.3 is 5.97 Å². The van der Waals surface area contributed by atoms with Crippen molar-refractivity contribution in [1.29, 1.82) is 0 Å². The van der Waals surface area contributed by atoms with Gasteiger partial charge in [0.1, 0.15) is 6.04 Å². The molecule has 0 spiro atoms. The Labute approximate surface area is 110 Å². The molecule has 0 aliphatic carbocycles. The average Bonchev–Trinajstić information content (AvgIpc) is 2.49. The minimum Gasteiger partial charge on any atom is -0.468 e. The first-order valence-electron chi connectivity index (χ1n) is 6.82. The van der Waals surface area contributed by atoms with Gasteiger partial charge in [0.05, 0.1) is 7.11 Å². The maximum Gasteiger partial charge on any atom is 0.324 e. The maximum absolute atomic E-state index is 11.7. The van der Waals surface area contributed by atoms with Gasteiger partial charge in [0.25, 0.3) is 0 Å². The number of rotatable bonds is 5. The molecule has 5 heteroatoms. The minimum absolute atomic E-state index is 0.165. The number of ether oxygens (including phenoxy) is 1. The van der Waals surface area contributed by atoms with Gasteiger partial charge in [-0.25, -0.2) is 0 Å². The smallest absolute Gasteiger partial charge is 0.324 e. The minimum atomic E-state index is -0.217. The lowest BCUT2D eigenvalue weighted by atomic mass is 10.2. The predicted octanol–water partition coefficient (Wildman–Crippen LogP) is 0.164. The molecule has 2 atom stereocenters. The first-order valence-corrected chi connectivity index (χ1v) is 6.82. The van der Waals surface area contributed by atoms with Gasteiger partial charge in [0.2, 0.25) is 0 Å². The molecule has 18 heavy (non-hydrogen) atoms. The van der Waals surface area contributed by atoms with Gasteiger partial charge in [-0.3, -0.25) is 9.69 Å². The van der Waals surface area contributed by atoms with E-state index in [4.69, 9.17) is 4.74 Å². The fraction of sp³-hybridized carbons (Fsp3) is 0.923. The second kappa shape index (κ2) is 7.71. The number of carbonyl (C=O) groups excluding carboxylic acids is 1. The lowest BCUT2D eigenvalue weighted by molar-refractivity contribution is -0.143. The second-order valence-corrected chi connectivity index (χ2v) is 5.09. The van der Waals surface area contributed by atoms with E-state index in [1.54, 1.807) is 0 Å². The Balaban J connectivity index is 2.58. The quantitative estimate of drug-likeness (QED) is 0.711. The summed E-state index contributed by atoms with van der Waals surface area (Å²) in [4.78, 5) is 16.4. The van der Waals surface area contributed by atoms with Gasteiger partial charge in [-0.15, -0.1) is 0 Å². The molecule has 0 aromatic heterocycles. The Bertz CT molecular complexity index is 261. The Morgan fingerprint density at radius 2 is 2.22 bits per heavy atom. The van der Waals surface area contributed by atoms with Crippen LogP contribution in [0, 0.1) is 0 Å². The zero-order valence-corrected chi connectivity index (χ0v) is 12.1.